The predicted molar refractivity (Wildman–Crippen MR) is 64.2 cm³/mol. The van der Waals surface area contributed by atoms with Crippen molar-refractivity contribution in [2.75, 3.05) is 32.8 Å². The number of ether oxygens (including phenoxy) is 1. The molecule has 3 nitrogen and oxygen atoms in total. The molecule has 0 aromatic rings. The van der Waals surface area contributed by atoms with Crippen LogP contribution in [0.5, 0.6) is 0 Å². The van der Waals surface area contributed by atoms with Crippen LogP contribution in [0.4, 0.5) is 0 Å². The lowest BCUT2D eigenvalue weighted by atomic mass is 10.1. The van der Waals surface area contributed by atoms with Crippen LogP contribution in [0.25, 0.3) is 0 Å². The Bertz CT molecular complexity index is 145. The topological polar surface area (TPSA) is 33.3 Å². The highest BCUT2D eigenvalue weighted by Crippen LogP contribution is 2.10. The number of hydrogen-bond acceptors (Lipinski definition) is 3. The van der Waals surface area contributed by atoms with Crippen molar-refractivity contribution in [2.45, 2.75) is 39.2 Å². The van der Waals surface area contributed by atoms with Crippen molar-refractivity contribution in [1.29, 1.82) is 0 Å². The van der Waals surface area contributed by atoms with Crippen LogP contribution in [0, 0.1) is 5.92 Å². The predicted octanol–water partition coefficient (Wildman–Crippen LogP) is 1.39. The molecule has 0 amide bonds. The molecule has 1 fully saturated rings. The number of unbranched alkanes of at least 4 members (excludes halogenated alkanes) is 1. The summed E-state index contributed by atoms with van der Waals surface area (Å²) in [5.41, 5.74) is 0. The molecule has 1 aliphatic rings. The van der Waals surface area contributed by atoms with E-state index in [-0.39, 0.29) is 0 Å². The van der Waals surface area contributed by atoms with E-state index >= 15 is 0 Å². The van der Waals surface area contributed by atoms with Gasteiger partial charge < -0.3 is 15.4 Å². The maximum absolute atomic E-state index is 5.33. The third-order valence-corrected chi connectivity index (χ3v) is 2.79. The Balaban J connectivity index is 1.76. The Morgan fingerprint density at radius 1 is 1.27 bits per heavy atom. The summed E-state index contributed by atoms with van der Waals surface area (Å²) in [6, 6.07) is 0.619. The summed E-state index contributed by atoms with van der Waals surface area (Å²) in [7, 11) is 0. The standard InChI is InChI=1S/C12H26N2O/c1-11(2)14-7-4-3-6-13-9-12-5-8-15-10-12/h11-14H,3-10H2,1-2H3. The van der Waals surface area contributed by atoms with Gasteiger partial charge in [-0.15, -0.1) is 0 Å². The van der Waals surface area contributed by atoms with Crippen molar-refractivity contribution in [3.63, 3.8) is 0 Å². The molecule has 0 spiro atoms. The Morgan fingerprint density at radius 2 is 2.07 bits per heavy atom. The van der Waals surface area contributed by atoms with E-state index in [1.54, 1.807) is 0 Å². The van der Waals surface area contributed by atoms with E-state index in [0.29, 0.717) is 6.04 Å². The minimum Gasteiger partial charge on any atom is -0.381 e. The lowest BCUT2D eigenvalue weighted by Gasteiger charge is -2.10. The van der Waals surface area contributed by atoms with Gasteiger partial charge in [-0.1, -0.05) is 13.8 Å². The van der Waals surface area contributed by atoms with Crippen LogP contribution in [-0.4, -0.2) is 38.9 Å². The third kappa shape index (κ3) is 6.88. The van der Waals surface area contributed by atoms with Gasteiger partial charge in [-0.2, -0.15) is 0 Å². The Labute approximate surface area is 94.0 Å². The largest absolute Gasteiger partial charge is 0.381 e. The maximum atomic E-state index is 5.33. The molecule has 1 aliphatic heterocycles. The molecule has 1 atom stereocenters. The van der Waals surface area contributed by atoms with Crippen LogP contribution in [-0.2, 0) is 4.74 Å². The molecule has 1 saturated heterocycles. The van der Waals surface area contributed by atoms with Crippen molar-refractivity contribution >= 4 is 0 Å². The Hall–Kier alpha value is -0.120. The Kier molecular flexibility index (Phi) is 6.98. The summed E-state index contributed by atoms with van der Waals surface area (Å²) < 4.78 is 5.33. The van der Waals surface area contributed by atoms with E-state index < -0.39 is 0 Å². The highest BCUT2D eigenvalue weighted by atomic mass is 16.5. The average Bonchev–Trinajstić information content (AvgIpc) is 2.68. The lowest BCUT2D eigenvalue weighted by molar-refractivity contribution is 0.185. The summed E-state index contributed by atoms with van der Waals surface area (Å²) in [5.74, 6) is 0.763. The molecule has 1 unspecified atom stereocenters. The molecule has 1 heterocycles. The number of hydrogen-bond donors (Lipinski definition) is 2. The monoisotopic (exact) mass is 214 g/mol. The fraction of sp³-hybridized carbons (Fsp3) is 1.00. The zero-order valence-electron chi connectivity index (χ0n) is 10.2. The van der Waals surface area contributed by atoms with Crippen LogP contribution in [0.15, 0.2) is 0 Å². The fourth-order valence-electron chi connectivity index (χ4n) is 1.82. The van der Waals surface area contributed by atoms with Crippen molar-refractivity contribution in [1.82, 2.24) is 10.6 Å². The fourth-order valence-corrected chi connectivity index (χ4v) is 1.82. The molecular weight excluding hydrogens is 188 g/mol. The van der Waals surface area contributed by atoms with Crippen molar-refractivity contribution in [3.8, 4) is 0 Å². The maximum Gasteiger partial charge on any atom is 0.0507 e. The minimum absolute atomic E-state index is 0.619. The first-order chi connectivity index (χ1) is 7.29. The van der Waals surface area contributed by atoms with E-state index in [9.17, 15) is 0 Å². The molecule has 2 N–H and O–H groups in total. The highest BCUT2D eigenvalue weighted by Gasteiger charge is 2.14. The van der Waals surface area contributed by atoms with Crippen LogP contribution >= 0.6 is 0 Å². The quantitative estimate of drug-likeness (QED) is 0.599. The van der Waals surface area contributed by atoms with Gasteiger partial charge in [0.2, 0.25) is 0 Å². The second-order valence-corrected chi connectivity index (χ2v) is 4.75. The van der Waals surface area contributed by atoms with Gasteiger partial charge in [-0.05, 0) is 38.3 Å². The molecule has 0 aliphatic carbocycles. The Morgan fingerprint density at radius 3 is 2.73 bits per heavy atom. The molecule has 1 rings (SSSR count). The molecular formula is C12H26N2O. The zero-order chi connectivity index (χ0) is 10.9. The van der Waals surface area contributed by atoms with Crippen LogP contribution < -0.4 is 10.6 Å². The van der Waals surface area contributed by atoms with E-state index in [1.807, 2.05) is 0 Å². The first-order valence-electron chi connectivity index (χ1n) is 6.31. The summed E-state index contributed by atoms with van der Waals surface area (Å²) >= 11 is 0. The van der Waals surface area contributed by atoms with Gasteiger partial charge in [0.15, 0.2) is 0 Å². The molecule has 0 aromatic heterocycles. The number of rotatable bonds is 8. The summed E-state index contributed by atoms with van der Waals surface area (Å²) in [5, 5.41) is 6.94. The van der Waals surface area contributed by atoms with Gasteiger partial charge in [-0.25, -0.2) is 0 Å². The van der Waals surface area contributed by atoms with Crippen molar-refractivity contribution in [2.24, 2.45) is 5.92 Å². The SMILES string of the molecule is CC(C)NCCCCNCC1CCOC1. The van der Waals surface area contributed by atoms with Gasteiger partial charge in [0.1, 0.15) is 0 Å². The van der Waals surface area contributed by atoms with Gasteiger partial charge >= 0.3 is 0 Å². The summed E-state index contributed by atoms with van der Waals surface area (Å²) in [6.07, 6.45) is 3.78. The van der Waals surface area contributed by atoms with Gasteiger partial charge in [-0.3, -0.25) is 0 Å². The van der Waals surface area contributed by atoms with Crippen LogP contribution in [0.2, 0.25) is 0 Å². The van der Waals surface area contributed by atoms with Crippen LogP contribution in [0.1, 0.15) is 33.1 Å². The highest BCUT2D eigenvalue weighted by molar-refractivity contribution is 4.66. The third-order valence-electron chi connectivity index (χ3n) is 2.79. The van der Waals surface area contributed by atoms with Gasteiger partial charge in [0.25, 0.3) is 0 Å². The molecule has 0 radical (unpaired) electrons. The summed E-state index contributed by atoms with van der Waals surface area (Å²) in [6.45, 7) is 9.74. The second-order valence-electron chi connectivity index (χ2n) is 4.75. The smallest absolute Gasteiger partial charge is 0.0507 e. The first kappa shape index (κ1) is 12.9. The second kappa shape index (κ2) is 8.08. The van der Waals surface area contributed by atoms with Crippen molar-refractivity contribution in [3.05, 3.63) is 0 Å². The molecule has 15 heavy (non-hydrogen) atoms. The molecule has 0 bridgehead atoms. The molecule has 90 valence electrons. The van der Waals surface area contributed by atoms with Gasteiger partial charge in [0, 0.05) is 19.2 Å². The summed E-state index contributed by atoms with van der Waals surface area (Å²) in [4.78, 5) is 0. The van der Waals surface area contributed by atoms with E-state index in [4.69, 9.17) is 4.74 Å². The average molecular weight is 214 g/mol. The van der Waals surface area contributed by atoms with E-state index in [1.165, 1.54) is 19.3 Å². The lowest BCUT2D eigenvalue weighted by Crippen LogP contribution is -2.26. The number of nitrogens with one attached hydrogen (secondary N) is 2. The van der Waals surface area contributed by atoms with Crippen LogP contribution in [0.3, 0.4) is 0 Å². The normalized spacial score (nSPS) is 21.4. The minimum atomic E-state index is 0.619. The molecule has 0 saturated carbocycles. The van der Waals surface area contributed by atoms with Crippen molar-refractivity contribution < 1.29 is 4.74 Å². The first-order valence-corrected chi connectivity index (χ1v) is 6.31. The zero-order valence-corrected chi connectivity index (χ0v) is 10.2. The van der Waals surface area contributed by atoms with E-state index in [0.717, 1.165) is 38.8 Å². The molecule has 3 heteroatoms. The van der Waals surface area contributed by atoms with E-state index in [2.05, 4.69) is 24.5 Å². The van der Waals surface area contributed by atoms with Gasteiger partial charge in [0.05, 0.1) is 6.61 Å². The molecule has 0 aromatic carbocycles.